The highest BCUT2D eigenvalue weighted by Gasteiger charge is 2.15. The molecule has 0 aliphatic rings. The van der Waals surface area contributed by atoms with E-state index in [2.05, 4.69) is 15.0 Å². The summed E-state index contributed by atoms with van der Waals surface area (Å²) in [5, 5.41) is 13.8. The highest BCUT2D eigenvalue weighted by atomic mass is 16.3. The number of rotatable bonds is 5. The Morgan fingerprint density at radius 1 is 1.32 bits per heavy atom. The molecule has 0 fully saturated rings. The molecule has 0 aromatic carbocycles. The highest BCUT2D eigenvalue weighted by molar-refractivity contribution is 5.49. The van der Waals surface area contributed by atoms with Crippen molar-refractivity contribution < 1.29 is 5.11 Å². The molecule has 0 radical (unpaired) electrons. The molecule has 0 unspecified atom stereocenters. The van der Waals surface area contributed by atoms with Gasteiger partial charge in [-0.2, -0.15) is 5.10 Å². The zero-order valence-electron chi connectivity index (χ0n) is 11.7. The van der Waals surface area contributed by atoms with Crippen LogP contribution in [-0.4, -0.2) is 33.5 Å². The Kier molecular flexibility index (Phi) is 4.16. The lowest BCUT2D eigenvalue weighted by molar-refractivity contribution is 0.281. The molecule has 0 spiro atoms. The zero-order valence-corrected chi connectivity index (χ0v) is 11.7. The first-order valence-electron chi connectivity index (χ1n) is 6.37. The van der Waals surface area contributed by atoms with Crippen molar-refractivity contribution in [3.05, 3.63) is 41.3 Å². The maximum atomic E-state index is 9.46. The van der Waals surface area contributed by atoms with Crippen molar-refractivity contribution in [1.29, 1.82) is 0 Å². The summed E-state index contributed by atoms with van der Waals surface area (Å²) in [6.07, 6.45) is 4.56. The molecule has 0 aliphatic heterocycles. The Morgan fingerprint density at radius 3 is 2.63 bits per heavy atom. The first-order valence-corrected chi connectivity index (χ1v) is 6.37. The number of aryl methyl sites for hydroxylation is 2. The van der Waals surface area contributed by atoms with Gasteiger partial charge in [0.05, 0.1) is 12.3 Å². The average molecular weight is 260 g/mol. The van der Waals surface area contributed by atoms with Crippen LogP contribution in [0.25, 0.3) is 0 Å². The Bertz CT molecular complexity index is 536. The number of hydrogen-bond acceptors (Lipinski definition) is 4. The third-order valence-corrected chi connectivity index (χ3v) is 3.32. The van der Waals surface area contributed by atoms with Gasteiger partial charge in [-0.25, -0.2) is 0 Å². The van der Waals surface area contributed by atoms with E-state index in [9.17, 15) is 5.11 Å². The number of aromatic nitrogens is 3. The molecule has 19 heavy (non-hydrogen) atoms. The van der Waals surface area contributed by atoms with E-state index in [-0.39, 0.29) is 6.61 Å². The van der Waals surface area contributed by atoms with Gasteiger partial charge in [0, 0.05) is 38.6 Å². The van der Waals surface area contributed by atoms with Crippen molar-refractivity contribution in [2.75, 3.05) is 18.5 Å². The maximum Gasteiger partial charge on any atom is 0.132 e. The standard InChI is InChI=1S/C14H20N4O/c1-11-13(10-19)14(18(3)16-11)17(2)9-6-12-4-7-15-8-5-12/h4-5,7-8,19H,6,9-10H2,1-3H3. The number of nitrogens with zero attached hydrogens (tertiary/aromatic N) is 4. The number of aliphatic hydroxyl groups excluding tert-OH is 1. The number of anilines is 1. The van der Waals surface area contributed by atoms with Gasteiger partial charge in [0.2, 0.25) is 0 Å². The van der Waals surface area contributed by atoms with E-state index in [1.54, 1.807) is 0 Å². The molecular formula is C14H20N4O. The number of pyridine rings is 1. The Morgan fingerprint density at radius 2 is 2.00 bits per heavy atom. The second-order valence-electron chi connectivity index (χ2n) is 4.70. The van der Waals surface area contributed by atoms with Gasteiger partial charge in [-0.05, 0) is 31.0 Å². The van der Waals surface area contributed by atoms with Crippen molar-refractivity contribution in [2.45, 2.75) is 20.0 Å². The van der Waals surface area contributed by atoms with Crippen molar-refractivity contribution in [3.8, 4) is 0 Å². The molecule has 5 heteroatoms. The Hall–Kier alpha value is -1.88. The third-order valence-electron chi connectivity index (χ3n) is 3.32. The second-order valence-corrected chi connectivity index (χ2v) is 4.70. The van der Waals surface area contributed by atoms with Gasteiger partial charge in [0.25, 0.3) is 0 Å². The molecule has 2 aromatic rings. The molecule has 0 bridgehead atoms. The van der Waals surface area contributed by atoms with Gasteiger partial charge in [0.15, 0.2) is 0 Å². The minimum atomic E-state index is 0.0224. The van der Waals surface area contributed by atoms with E-state index in [1.807, 2.05) is 50.2 Å². The first-order chi connectivity index (χ1) is 9.13. The summed E-state index contributed by atoms with van der Waals surface area (Å²) in [5.74, 6) is 0.981. The summed E-state index contributed by atoms with van der Waals surface area (Å²) < 4.78 is 1.83. The molecule has 0 aliphatic carbocycles. The van der Waals surface area contributed by atoms with E-state index in [0.29, 0.717) is 0 Å². The molecule has 2 aromatic heterocycles. The van der Waals surface area contributed by atoms with Gasteiger partial charge in [0.1, 0.15) is 5.82 Å². The zero-order chi connectivity index (χ0) is 13.8. The van der Waals surface area contributed by atoms with Gasteiger partial charge >= 0.3 is 0 Å². The van der Waals surface area contributed by atoms with Crippen LogP contribution >= 0.6 is 0 Å². The summed E-state index contributed by atoms with van der Waals surface area (Å²) in [6.45, 7) is 2.82. The molecule has 102 valence electrons. The average Bonchev–Trinajstić information content (AvgIpc) is 2.71. The lowest BCUT2D eigenvalue weighted by Gasteiger charge is -2.20. The van der Waals surface area contributed by atoms with Crippen LogP contribution in [0, 0.1) is 6.92 Å². The summed E-state index contributed by atoms with van der Waals surface area (Å²) in [4.78, 5) is 6.15. The van der Waals surface area contributed by atoms with E-state index in [0.717, 1.165) is 30.0 Å². The van der Waals surface area contributed by atoms with Crippen LogP contribution in [0.2, 0.25) is 0 Å². The molecule has 0 saturated carbocycles. The van der Waals surface area contributed by atoms with Crippen molar-refractivity contribution in [2.24, 2.45) is 7.05 Å². The minimum absolute atomic E-state index is 0.0224. The Balaban J connectivity index is 2.10. The van der Waals surface area contributed by atoms with Crippen LogP contribution in [0.5, 0.6) is 0 Å². The fourth-order valence-electron chi connectivity index (χ4n) is 2.30. The third kappa shape index (κ3) is 2.93. The number of likely N-dealkylation sites (N-methyl/N-ethyl adjacent to an activating group) is 1. The van der Waals surface area contributed by atoms with E-state index < -0.39 is 0 Å². The lowest BCUT2D eigenvalue weighted by Crippen LogP contribution is -2.24. The van der Waals surface area contributed by atoms with Crippen LogP contribution in [0.15, 0.2) is 24.5 Å². The van der Waals surface area contributed by atoms with Crippen molar-refractivity contribution in [3.63, 3.8) is 0 Å². The second kappa shape index (κ2) is 5.84. The number of hydrogen-bond donors (Lipinski definition) is 1. The van der Waals surface area contributed by atoms with Gasteiger partial charge < -0.3 is 10.0 Å². The van der Waals surface area contributed by atoms with Gasteiger partial charge in [-0.1, -0.05) is 0 Å². The summed E-state index contributed by atoms with van der Waals surface area (Å²) in [6, 6.07) is 4.05. The fourth-order valence-corrected chi connectivity index (χ4v) is 2.30. The molecule has 1 N–H and O–H groups in total. The SMILES string of the molecule is Cc1nn(C)c(N(C)CCc2ccncc2)c1CO. The largest absolute Gasteiger partial charge is 0.391 e. The van der Waals surface area contributed by atoms with Crippen LogP contribution in [0.1, 0.15) is 16.8 Å². The minimum Gasteiger partial charge on any atom is -0.391 e. The predicted molar refractivity (Wildman–Crippen MR) is 75.1 cm³/mol. The van der Waals surface area contributed by atoms with Crippen LogP contribution in [0.3, 0.4) is 0 Å². The van der Waals surface area contributed by atoms with E-state index >= 15 is 0 Å². The number of aliphatic hydroxyl groups is 1. The van der Waals surface area contributed by atoms with Gasteiger partial charge in [-0.3, -0.25) is 9.67 Å². The van der Waals surface area contributed by atoms with Crippen LogP contribution < -0.4 is 4.90 Å². The van der Waals surface area contributed by atoms with E-state index in [1.165, 1.54) is 5.56 Å². The van der Waals surface area contributed by atoms with Crippen LogP contribution in [0.4, 0.5) is 5.82 Å². The summed E-state index contributed by atoms with van der Waals surface area (Å²) in [7, 11) is 3.93. The molecule has 2 rings (SSSR count). The van der Waals surface area contributed by atoms with Crippen LogP contribution in [-0.2, 0) is 20.1 Å². The summed E-state index contributed by atoms with van der Waals surface area (Å²) in [5.41, 5.74) is 3.04. The lowest BCUT2D eigenvalue weighted by atomic mass is 10.2. The Labute approximate surface area is 113 Å². The first kappa shape index (κ1) is 13.5. The molecule has 0 atom stereocenters. The maximum absolute atomic E-state index is 9.46. The normalized spacial score (nSPS) is 10.7. The molecule has 2 heterocycles. The molecule has 5 nitrogen and oxygen atoms in total. The van der Waals surface area contributed by atoms with Crippen molar-refractivity contribution >= 4 is 5.82 Å². The topological polar surface area (TPSA) is 54.2 Å². The van der Waals surface area contributed by atoms with Crippen molar-refractivity contribution in [1.82, 2.24) is 14.8 Å². The summed E-state index contributed by atoms with van der Waals surface area (Å²) >= 11 is 0. The van der Waals surface area contributed by atoms with Gasteiger partial charge in [-0.15, -0.1) is 0 Å². The predicted octanol–water partition coefficient (Wildman–Crippen LogP) is 1.29. The molecule has 0 saturated heterocycles. The quantitative estimate of drug-likeness (QED) is 0.880. The fraction of sp³-hybridized carbons (Fsp3) is 0.429. The smallest absolute Gasteiger partial charge is 0.132 e. The highest BCUT2D eigenvalue weighted by Crippen LogP contribution is 2.22. The monoisotopic (exact) mass is 260 g/mol. The van der Waals surface area contributed by atoms with E-state index in [4.69, 9.17) is 0 Å². The molecule has 0 amide bonds. The molecular weight excluding hydrogens is 240 g/mol.